The highest BCUT2D eigenvalue weighted by atomic mass is 16.2. The molecule has 6 heteroatoms. The minimum absolute atomic E-state index is 0.0598. The number of rotatable bonds is 3. The average molecular weight is 353 g/mol. The van der Waals surface area contributed by atoms with E-state index < -0.39 is 0 Å². The fourth-order valence-electron chi connectivity index (χ4n) is 4.20. The van der Waals surface area contributed by atoms with Crippen LogP contribution in [0.15, 0.2) is 24.4 Å². The Morgan fingerprint density at radius 1 is 1.27 bits per heavy atom. The highest BCUT2D eigenvalue weighted by molar-refractivity contribution is 5.74. The zero-order valence-corrected chi connectivity index (χ0v) is 15.6. The van der Waals surface area contributed by atoms with Crippen molar-refractivity contribution in [3.05, 3.63) is 46.8 Å². The molecule has 1 atom stereocenters. The molecular weight excluding hydrogens is 326 g/mol. The Labute approximate surface area is 154 Å². The highest BCUT2D eigenvalue weighted by Gasteiger charge is 2.24. The van der Waals surface area contributed by atoms with Gasteiger partial charge in [0, 0.05) is 44.1 Å². The summed E-state index contributed by atoms with van der Waals surface area (Å²) >= 11 is 0. The molecule has 138 valence electrons. The number of aromatic nitrogens is 2. The van der Waals surface area contributed by atoms with E-state index in [4.69, 9.17) is 0 Å². The minimum Gasteiger partial charge on any atom is -0.374 e. The van der Waals surface area contributed by atoms with Gasteiger partial charge in [-0.25, -0.2) is 4.79 Å². The molecular formula is C20H27N5O. The molecule has 1 aliphatic carbocycles. The zero-order chi connectivity index (χ0) is 18.1. The van der Waals surface area contributed by atoms with E-state index >= 15 is 0 Å². The largest absolute Gasteiger partial charge is 0.374 e. The van der Waals surface area contributed by atoms with Crippen LogP contribution in [0.4, 0.5) is 10.5 Å². The number of nitrogens with one attached hydrogen (secondary N) is 2. The number of anilines is 1. The standard InChI is InChI=1S/C20H27N5O/c1-24-10-4-5-15-11-14(8-9-18(15)24)12-21-20(26)23-17-6-3-7-19-16(17)13-22-25(19)2/h8-9,11,13,17H,3-7,10,12H2,1-2H3,(H2,21,23,26)/t17-/m0/s1. The Bertz CT molecular complexity index is 813. The molecule has 0 saturated heterocycles. The van der Waals surface area contributed by atoms with E-state index in [1.807, 2.05) is 17.9 Å². The predicted octanol–water partition coefficient (Wildman–Crippen LogP) is 2.68. The van der Waals surface area contributed by atoms with E-state index in [1.165, 1.54) is 23.4 Å². The van der Waals surface area contributed by atoms with Gasteiger partial charge >= 0.3 is 6.03 Å². The van der Waals surface area contributed by atoms with Crippen molar-refractivity contribution in [2.75, 3.05) is 18.5 Å². The summed E-state index contributed by atoms with van der Waals surface area (Å²) in [6, 6.07) is 6.46. The molecule has 0 spiro atoms. The lowest BCUT2D eigenvalue weighted by Gasteiger charge is -2.28. The molecule has 4 rings (SSSR count). The fraction of sp³-hybridized carbons (Fsp3) is 0.500. The maximum Gasteiger partial charge on any atom is 0.315 e. The predicted molar refractivity (Wildman–Crippen MR) is 102 cm³/mol. The van der Waals surface area contributed by atoms with Crippen molar-refractivity contribution in [3.8, 4) is 0 Å². The Kier molecular flexibility index (Phi) is 4.57. The molecule has 0 saturated carbocycles. The summed E-state index contributed by atoms with van der Waals surface area (Å²) in [4.78, 5) is 14.7. The van der Waals surface area contributed by atoms with Crippen molar-refractivity contribution in [1.29, 1.82) is 0 Å². The van der Waals surface area contributed by atoms with Crippen molar-refractivity contribution >= 4 is 11.7 Å². The van der Waals surface area contributed by atoms with Crippen LogP contribution in [-0.4, -0.2) is 29.4 Å². The molecule has 2 aromatic rings. The van der Waals surface area contributed by atoms with Crippen LogP contribution in [0.25, 0.3) is 0 Å². The number of aryl methyl sites for hydroxylation is 2. The molecule has 0 unspecified atom stereocenters. The van der Waals surface area contributed by atoms with Gasteiger partial charge in [0.25, 0.3) is 0 Å². The molecule has 2 aliphatic rings. The highest BCUT2D eigenvalue weighted by Crippen LogP contribution is 2.29. The third-order valence-electron chi connectivity index (χ3n) is 5.63. The number of urea groups is 1. The summed E-state index contributed by atoms with van der Waals surface area (Å²) in [6.45, 7) is 1.67. The second kappa shape index (κ2) is 7.02. The average Bonchev–Trinajstić information content (AvgIpc) is 3.02. The van der Waals surface area contributed by atoms with Crippen LogP contribution >= 0.6 is 0 Å². The first-order valence-electron chi connectivity index (χ1n) is 9.50. The smallest absolute Gasteiger partial charge is 0.315 e. The van der Waals surface area contributed by atoms with Crippen LogP contribution in [0.5, 0.6) is 0 Å². The van der Waals surface area contributed by atoms with E-state index in [-0.39, 0.29) is 12.1 Å². The van der Waals surface area contributed by atoms with Crippen LogP contribution in [0.2, 0.25) is 0 Å². The van der Waals surface area contributed by atoms with Gasteiger partial charge in [0.1, 0.15) is 0 Å². The van der Waals surface area contributed by atoms with E-state index in [9.17, 15) is 4.79 Å². The number of amides is 2. The van der Waals surface area contributed by atoms with Gasteiger partial charge < -0.3 is 15.5 Å². The second-order valence-electron chi connectivity index (χ2n) is 7.43. The summed E-state index contributed by atoms with van der Waals surface area (Å²) in [5.74, 6) is 0. The topological polar surface area (TPSA) is 62.2 Å². The van der Waals surface area contributed by atoms with Gasteiger partial charge in [-0.3, -0.25) is 4.68 Å². The van der Waals surface area contributed by atoms with Crippen molar-refractivity contribution < 1.29 is 4.79 Å². The number of hydrogen-bond acceptors (Lipinski definition) is 3. The molecule has 2 heterocycles. The minimum atomic E-state index is -0.110. The third-order valence-corrected chi connectivity index (χ3v) is 5.63. The van der Waals surface area contributed by atoms with E-state index in [1.54, 1.807) is 0 Å². The van der Waals surface area contributed by atoms with Gasteiger partial charge in [-0.05, 0) is 49.3 Å². The number of carbonyl (C=O) groups excluding carboxylic acids is 1. The molecule has 0 bridgehead atoms. The normalized spacial score (nSPS) is 18.8. The van der Waals surface area contributed by atoms with Crippen LogP contribution in [0.3, 0.4) is 0 Å². The summed E-state index contributed by atoms with van der Waals surface area (Å²) in [5, 5.41) is 10.5. The van der Waals surface area contributed by atoms with Crippen LogP contribution in [-0.2, 0) is 26.4 Å². The lowest BCUT2D eigenvalue weighted by Crippen LogP contribution is -2.38. The number of hydrogen-bond donors (Lipinski definition) is 2. The zero-order valence-electron chi connectivity index (χ0n) is 15.6. The third kappa shape index (κ3) is 3.28. The second-order valence-corrected chi connectivity index (χ2v) is 7.43. The molecule has 0 fully saturated rings. The van der Waals surface area contributed by atoms with E-state index in [0.29, 0.717) is 6.54 Å². The summed E-state index contributed by atoms with van der Waals surface area (Å²) < 4.78 is 1.92. The first kappa shape index (κ1) is 16.9. The number of benzene rings is 1. The molecule has 26 heavy (non-hydrogen) atoms. The van der Waals surface area contributed by atoms with Gasteiger partial charge in [0.05, 0.1) is 12.2 Å². The van der Waals surface area contributed by atoms with Crippen molar-refractivity contribution in [2.24, 2.45) is 7.05 Å². The summed E-state index contributed by atoms with van der Waals surface area (Å²) in [7, 11) is 4.11. The van der Waals surface area contributed by atoms with Crippen molar-refractivity contribution in [2.45, 2.75) is 44.7 Å². The van der Waals surface area contributed by atoms with Gasteiger partial charge in [-0.15, -0.1) is 0 Å². The SMILES string of the molecule is CN1CCCc2cc(CNC(=O)N[C@H]3CCCc4c3cnn4C)ccc21. The lowest BCUT2D eigenvalue weighted by atomic mass is 9.93. The maximum atomic E-state index is 12.4. The van der Waals surface area contributed by atoms with Gasteiger partial charge in [0.15, 0.2) is 0 Å². The summed E-state index contributed by atoms with van der Waals surface area (Å²) in [6.07, 6.45) is 7.28. The molecule has 2 N–H and O–H groups in total. The Balaban J connectivity index is 1.36. The molecule has 1 aromatic carbocycles. The van der Waals surface area contributed by atoms with Gasteiger partial charge in [-0.1, -0.05) is 12.1 Å². The van der Waals surface area contributed by atoms with Crippen LogP contribution < -0.4 is 15.5 Å². The van der Waals surface area contributed by atoms with E-state index in [0.717, 1.165) is 43.4 Å². The molecule has 6 nitrogen and oxygen atoms in total. The number of nitrogens with zero attached hydrogens (tertiary/aromatic N) is 3. The van der Waals surface area contributed by atoms with E-state index in [2.05, 4.69) is 45.9 Å². The first-order valence-corrected chi connectivity index (χ1v) is 9.50. The monoisotopic (exact) mass is 353 g/mol. The van der Waals surface area contributed by atoms with Gasteiger partial charge in [-0.2, -0.15) is 5.10 Å². The van der Waals surface area contributed by atoms with Crippen molar-refractivity contribution in [3.63, 3.8) is 0 Å². The Morgan fingerprint density at radius 2 is 2.15 bits per heavy atom. The molecule has 0 radical (unpaired) electrons. The quantitative estimate of drug-likeness (QED) is 0.892. The summed E-state index contributed by atoms with van der Waals surface area (Å²) in [5.41, 5.74) is 6.24. The first-order chi connectivity index (χ1) is 12.6. The van der Waals surface area contributed by atoms with Crippen molar-refractivity contribution in [1.82, 2.24) is 20.4 Å². The van der Waals surface area contributed by atoms with Gasteiger partial charge in [0.2, 0.25) is 0 Å². The number of fused-ring (bicyclic) bond motifs is 2. The molecule has 2 amide bonds. The molecule has 1 aromatic heterocycles. The Morgan fingerprint density at radius 3 is 3.04 bits per heavy atom. The fourth-order valence-corrected chi connectivity index (χ4v) is 4.20. The van der Waals surface area contributed by atoms with Crippen LogP contribution in [0, 0.1) is 0 Å². The maximum absolute atomic E-state index is 12.4. The van der Waals surface area contributed by atoms with Crippen LogP contribution in [0.1, 0.15) is 47.7 Å². The Hall–Kier alpha value is -2.50. The lowest BCUT2D eigenvalue weighted by molar-refractivity contribution is 0.235. The number of carbonyl (C=O) groups is 1. The molecule has 1 aliphatic heterocycles.